The zero-order valence-corrected chi connectivity index (χ0v) is 14.0. The predicted molar refractivity (Wildman–Crippen MR) is 87.7 cm³/mol. The van der Waals surface area contributed by atoms with Crippen LogP contribution in [0.1, 0.15) is 33.3 Å². The molecule has 1 rings (SSSR count). The van der Waals surface area contributed by atoms with E-state index in [-0.39, 0.29) is 36.4 Å². The summed E-state index contributed by atoms with van der Waals surface area (Å²) in [6.07, 6.45) is 1.41. The predicted octanol–water partition coefficient (Wildman–Crippen LogP) is 3.17. The van der Waals surface area contributed by atoms with Crippen LogP contribution < -0.4 is 0 Å². The van der Waals surface area contributed by atoms with Gasteiger partial charge in [0.1, 0.15) is 11.3 Å². The average Bonchev–Trinajstić information content (AvgIpc) is 2.49. The van der Waals surface area contributed by atoms with Gasteiger partial charge in [-0.1, -0.05) is 39.8 Å². The first kappa shape index (κ1) is 18.7. The van der Waals surface area contributed by atoms with E-state index >= 15 is 0 Å². The number of phenols is 1. The Kier molecular flexibility index (Phi) is 7.32. The highest BCUT2D eigenvalue weighted by Gasteiger charge is 2.22. The van der Waals surface area contributed by atoms with E-state index in [1.165, 1.54) is 18.2 Å². The van der Waals surface area contributed by atoms with Gasteiger partial charge in [-0.3, -0.25) is 0 Å². The normalized spacial score (nSPS) is 10.5. The van der Waals surface area contributed by atoms with Gasteiger partial charge in [-0.2, -0.15) is 0 Å². The van der Waals surface area contributed by atoms with Gasteiger partial charge in [0.2, 0.25) is 0 Å². The second kappa shape index (κ2) is 8.98. The Balaban J connectivity index is 2.97. The number of ether oxygens (including phenoxy) is 2. The van der Waals surface area contributed by atoms with Crippen LogP contribution in [-0.2, 0) is 19.1 Å². The van der Waals surface area contributed by atoms with E-state index in [9.17, 15) is 14.7 Å². The van der Waals surface area contributed by atoms with Crippen molar-refractivity contribution in [2.75, 3.05) is 13.2 Å². The summed E-state index contributed by atoms with van der Waals surface area (Å²) in [7, 11) is 0. The Hall–Kier alpha value is -2.30. The van der Waals surface area contributed by atoms with E-state index in [2.05, 4.69) is 0 Å². The SMILES string of the molecule is CC(C)COC(=O)C(=Cc1ccc(O)cc1)C(=O)OCC(C)C. The van der Waals surface area contributed by atoms with Crippen molar-refractivity contribution in [3.8, 4) is 5.75 Å². The number of phenolic OH excluding ortho intramolecular Hbond substituents is 1. The smallest absolute Gasteiger partial charge is 0.345 e. The van der Waals surface area contributed by atoms with Crippen LogP contribution in [0.25, 0.3) is 6.08 Å². The van der Waals surface area contributed by atoms with Crippen molar-refractivity contribution in [3.63, 3.8) is 0 Å². The maximum Gasteiger partial charge on any atom is 0.345 e. The Bertz CT molecular complexity index is 529. The van der Waals surface area contributed by atoms with Gasteiger partial charge in [-0.25, -0.2) is 9.59 Å². The zero-order valence-electron chi connectivity index (χ0n) is 14.0. The highest BCUT2D eigenvalue weighted by molar-refractivity contribution is 6.17. The molecule has 0 aliphatic heterocycles. The number of esters is 2. The van der Waals surface area contributed by atoms with Crippen LogP contribution >= 0.6 is 0 Å². The third-order valence-corrected chi connectivity index (χ3v) is 2.74. The molecular weight excluding hydrogens is 296 g/mol. The van der Waals surface area contributed by atoms with Gasteiger partial charge in [-0.15, -0.1) is 0 Å². The quantitative estimate of drug-likeness (QED) is 0.361. The van der Waals surface area contributed by atoms with Crippen LogP contribution in [0.4, 0.5) is 0 Å². The minimum absolute atomic E-state index is 0.105. The van der Waals surface area contributed by atoms with Gasteiger partial charge < -0.3 is 14.6 Å². The Morgan fingerprint density at radius 2 is 1.39 bits per heavy atom. The lowest BCUT2D eigenvalue weighted by atomic mass is 10.1. The number of carbonyl (C=O) groups excluding carboxylic acids is 2. The highest BCUT2D eigenvalue weighted by Crippen LogP contribution is 2.15. The fourth-order valence-electron chi connectivity index (χ4n) is 1.58. The lowest BCUT2D eigenvalue weighted by Crippen LogP contribution is -2.21. The fraction of sp³-hybridized carbons (Fsp3) is 0.444. The summed E-state index contributed by atoms with van der Waals surface area (Å²) in [5.74, 6) is -0.976. The summed E-state index contributed by atoms with van der Waals surface area (Å²) in [5, 5.41) is 9.30. The van der Waals surface area contributed by atoms with E-state index < -0.39 is 11.9 Å². The molecule has 0 heterocycles. The number of aromatic hydroxyl groups is 1. The topological polar surface area (TPSA) is 72.8 Å². The van der Waals surface area contributed by atoms with Crippen LogP contribution in [0.3, 0.4) is 0 Å². The number of hydrogen-bond acceptors (Lipinski definition) is 5. The Morgan fingerprint density at radius 3 is 1.78 bits per heavy atom. The zero-order chi connectivity index (χ0) is 17.4. The number of hydrogen-bond donors (Lipinski definition) is 1. The largest absolute Gasteiger partial charge is 0.508 e. The van der Waals surface area contributed by atoms with E-state index in [4.69, 9.17) is 9.47 Å². The third-order valence-electron chi connectivity index (χ3n) is 2.74. The molecule has 0 saturated carbocycles. The monoisotopic (exact) mass is 320 g/mol. The molecule has 5 nitrogen and oxygen atoms in total. The average molecular weight is 320 g/mol. The van der Waals surface area contributed by atoms with Crippen LogP contribution in [0.15, 0.2) is 29.8 Å². The minimum Gasteiger partial charge on any atom is -0.508 e. The fourth-order valence-corrected chi connectivity index (χ4v) is 1.58. The summed E-state index contributed by atoms with van der Waals surface area (Å²) in [6.45, 7) is 8.09. The van der Waals surface area contributed by atoms with Crippen LogP contribution in [0, 0.1) is 11.8 Å². The summed E-state index contributed by atoms with van der Waals surface area (Å²) in [5.41, 5.74) is 0.442. The van der Waals surface area contributed by atoms with Gasteiger partial charge in [0.25, 0.3) is 0 Å². The summed E-state index contributed by atoms with van der Waals surface area (Å²) in [4.78, 5) is 24.3. The van der Waals surface area contributed by atoms with E-state index in [0.717, 1.165) is 0 Å². The summed E-state index contributed by atoms with van der Waals surface area (Å²) in [6, 6.07) is 6.15. The third kappa shape index (κ3) is 7.00. The second-order valence-corrected chi connectivity index (χ2v) is 6.13. The van der Waals surface area contributed by atoms with Crippen LogP contribution in [0.5, 0.6) is 5.75 Å². The molecule has 5 heteroatoms. The second-order valence-electron chi connectivity index (χ2n) is 6.13. The molecule has 0 saturated heterocycles. The molecular formula is C18H24O5. The number of rotatable bonds is 7. The standard InChI is InChI=1S/C18H24O5/c1-12(2)10-22-17(20)16(18(21)23-11-13(3)4)9-14-5-7-15(19)8-6-14/h5-9,12-13,19H,10-11H2,1-4H3. The molecule has 0 bridgehead atoms. The first-order valence-electron chi connectivity index (χ1n) is 7.64. The number of benzene rings is 1. The van der Waals surface area contributed by atoms with Crippen molar-refractivity contribution in [1.29, 1.82) is 0 Å². The van der Waals surface area contributed by atoms with E-state index in [1.807, 2.05) is 27.7 Å². The molecule has 0 aliphatic rings. The molecule has 1 aromatic rings. The van der Waals surface area contributed by atoms with Crippen molar-refractivity contribution in [2.45, 2.75) is 27.7 Å². The molecule has 0 unspecified atom stereocenters. The minimum atomic E-state index is -0.708. The molecule has 0 radical (unpaired) electrons. The molecule has 0 amide bonds. The molecule has 0 aliphatic carbocycles. The highest BCUT2D eigenvalue weighted by atomic mass is 16.6. The van der Waals surface area contributed by atoms with Crippen molar-refractivity contribution >= 4 is 18.0 Å². The first-order chi connectivity index (χ1) is 10.8. The van der Waals surface area contributed by atoms with Crippen molar-refractivity contribution < 1.29 is 24.2 Å². The maximum absolute atomic E-state index is 12.2. The van der Waals surface area contributed by atoms with Gasteiger partial charge in [-0.05, 0) is 35.6 Å². The molecule has 0 atom stereocenters. The van der Waals surface area contributed by atoms with Gasteiger partial charge in [0.05, 0.1) is 13.2 Å². The Labute approximate surface area is 136 Å². The number of carbonyl (C=O) groups is 2. The molecule has 126 valence electrons. The van der Waals surface area contributed by atoms with Crippen LogP contribution in [0.2, 0.25) is 0 Å². The van der Waals surface area contributed by atoms with Gasteiger partial charge >= 0.3 is 11.9 Å². The molecule has 1 N–H and O–H groups in total. The summed E-state index contributed by atoms with van der Waals surface area (Å²) >= 11 is 0. The van der Waals surface area contributed by atoms with Gasteiger partial charge in [0, 0.05) is 0 Å². The van der Waals surface area contributed by atoms with E-state index in [0.29, 0.717) is 5.56 Å². The molecule has 1 aromatic carbocycles. The molecule has 0 spiro atoms. The lowest BCUT2D eigenvalue weighted by molar-refractivity contribution is -0.148. The molecule has 23 heavy (non-hydrogen) atoms. The molecule has 0 fully saturated rings. The van der Waals surface area contributed by atoms with Gasteiger partial charge in [0.15, 0.2) is 0 Å². The molecule has 0 aromatic heterocycles. The maximum atomic E-state index is 12.2. The first-order valence-corrected chi connectivity index (χ1v) is 7.64. The van der Waals surface area contributed by atoms with Crippen molar-refractivity contribution in [2.24, 2.45) is 11.8 Å². The van der Waals surface area contributed by atoms with E-state index in [1.54, 1.807) is 12.1 Å². The van der Waals surface area contributed by atoms with Crippen molar-refractivity contribution in [1.82, 2.24) is 0 Å². The summed E-state index contributed by atoms with van der Waals surface area (Å²) < 4.78 is 10.3. The van der Waals surface area contributed by atoms with Crippen molar-refractivity contribution in [3.05, 3.63) is 35.4 Å². The van der Waals surface area contributed by atoms with Crippen LogP contribution in [-0.4, -0.2) is 30.3 Å². The lowest BCUT2D eigenvalue weighted by Gasteiger charge is -2.11. The Morgan fingerprint density at radius 1 is 0.957 bits per heavy atom.